The summed E-state index contributed by atoms with van der Waals surface area (Å²) in [6.45, 7) is 1.83. The topological polar surface area (TPSA) is 106 Å². The van der Waals surface area contributed by atoms with Crippen molar-refractivity contribution in [2.24, 2.45) is 16.0 Å². The summed E-state index contributed by atoms with van der Waals surface area (Å²) in [4.78, 5) is -0.0381. The summed E-state index contributed by atoms with van der Waals surface area (Å²) in [5.74, 6) is -0.356. The minimum absolute atomic E-state index is 0.0381. The van der Waals surface area contributed by atoms with E-state index in [1.807, 2.05) is 6.92 Å². The molecule has 2 aromatic rings. The van der Waals surface area contributed by atoms with Crippen LogP contribution in [0.4, 0.5) is 0 Å². The molecule has 0 aliphatic carbocycles. The maximum Gasteiger partial charge on any atom is 0.358 e. The Kier molecular flexibility index (Phi) is 6.24. The van der Waals surface area contributed by atoms with Crippen molar-refractivity contribution in [2.45, 2.75) is 11.8 Å². The summed E-state index contributed by atoms with van der Waals surface area (Å²) in [5, 5.41) is 7.77. The van der Waals surface area contributed by atoms with Crippen molar-refractivity contribution in [2.75, 3.05) is 0 Å². The second-order valence-corrected chi connectivity index (χ2v) is 7.15. The van der Waals surface area contributed by atoms with Crippen LogP contribution < -0.4 is 11.2 Å². The van der Waals surface area contributed by atoms with Crippen LogP contribution in [0.15, 0.2) is 57.6 Å². The Balaban J connectivity index is 2.00. The third kappa shape index (κ3) is 5.35. The summed E-state index contributed by atoms with van der Waals surface area (Å²) in [6.07, 6.45) is 1.35. The zero-order valence-electron chi connectivity index (χ0n) is 13.0. The molecule has 0 fully saturated rings. The Morgan fingerprint density at radius 3 is 2.56 bits per heavy atom. The van der Waals surface area contributed by atoms with E-state index in [9.17, 15) is 8.42 Å². The van der Waals surface area contributed by atoms with E-state index in [-0.39, 0.29) is 10.9 Å². The number of nitrogens with zero attached hydrogens (tertiary/aromatic N) is 2. The van der Waals surface area contributed by atoms with Gasteiger partial charge in [-0.05, 0) is 30.3 Å². The number of benzene rings is 2. The van der Waals surface area contributed by atoms with E-state index in [0.29, 0.717) is 15.6 Å². The van der Waals surface area contributed by atoms with Gasteiger partial charge in [0.15, 0.2) is 0 Å². The molecule has 0 spiro atoms. The second kappa shape index (κ2) is 8.19. The zero-order chi connectivity index (χ0) is 18.4. The largest absolute Gasteiger partial charge is 0.366 e. The molecule has 25 heavy (non-hydrogen) atoms. The van der Waals surface area contributed by atoms with Crippen molar-refractivity contribution in [1.82, 2.24) is 5.43 Å². The first-order chi connectivity index (χ1) is 11.8. The molecule has 3 N–H and O–H groups in total. The molecule has 0 radical (unpaired) electrons. The summed E-state index contributed by atoms with van der Waals surface area (Å²) in [5.41, 5.74) is 9.27. The smallest absolute Gasteiger partial charge is 0.358 e. The fourth-order valence-electron chi connectivity index (χ4n) is 1.65. The summed E-state index contributed by atoms with van der Waals surface area (Å²) in [6, 6.07) is 11.1. The molecule has 0 saturated heterocycles. The lowest BCUT2D eigenvalue weighted by Crippen LogP contribution is -2.28. The summed E-state index contributed by atoms with van der Waals surface area (Å²) >= 11 is 11.9. The Bertz CT molecular complexity index is 913. The summed E-state index contributed by atoms with van der Waals surface area (Å²) in [7, 11) is -4.06. The van der Waals surface area contributed by atoms with Crippen LogP contribution in [0.25, 0.3) is 0 Å². The van der Waals surface area contributed by atoms with Crippen LogP contribution in [0.5, 0.6) is 0 Å². The monoisotopic (exact) mass is 400 g/mol. The fourth-order valence-corrected chi connectivity index (χ4v) is 2.74. The number of oxime groups is 1. The maximum absolute atomic E-state index is 11.9. The molecular weight excluding hydrogens is 387 g/mol. The highest BCUT2D eigenvalue weighted by molar-refractivity contribution is 7.86. The third-order valence-electron chi connectivity index (χ3n) is 2.91. The Hall–Kier alpha value is -2.29. The van der Waals surface area contributed by atoms with Crippen molar-refractivity contribution < 1.29 is 12.7 Å². The first-order valence-corrected chi connectivity index (χ1v) is 9.03. The number of aryl methyl sites for hydroxylation is 1. The summed E-state index contributed by atoms with van der Waals surface area (Å²) < 4.78 is 28.4. The average molecular weight is 401 g/mol. The van der Waals surface area contributed by atoms with E-state index in [1.165, 1.54) is 18.3 Å². The number of rotatable bonds is 5. The van der Waals surface area contributed by atoms with Crippen molar-refractivity contribution in [1.29, 1.82) is 0 Å². The van der Waals surface area contributed by atoms with Gasteiger partial charge in [0.25, 0.3) is 5.96 Å². The maximum atomic E-state index is 11.9. The molecule has 0 bridgehead atoms. The molecular formula is C15H14Cl2N4O3S. The van der Waals surface area contributed by atoms with E-state index in [2.05, 4.69) is 20.0 Å². The van der Waals surface area contributed by atoms with Gasteiger partial charge in [-0.25, -0.2) is 5.43 Å². The lowest BCUT2D eigenvalue weighted by molar-refractivity contribution is 0.336. The van der Waals surface area contributed by atoms with Gasteiger partial charge in [0.1, 0.15) is 4.90 Å². The third-order valence-corrected chi connectivity index (χ3v) is 4.86. The van der Waals surface area contributed by atoms with Gasteiger partial charge in [0.05, 0.1) is 16.3 Å². The molecule has 2 rings (SSSR count). The molecule has 0 atom stereocenters. The first kappa shape index (κ1) is 19.0. The number of nitrogens with two attached hydrogens (primary N) is 1. The predicted molar refractivity (Wildman–Crippen MR) is 98.3 cm³/mol. The predicted octanol–water partition coefficient (Wildman–Crippen LogP) is 2.86. The van der Waals surface area contributed by atoms with Gasteiger partial charge in [-0.2, -0.15) is 13.5 Å². The molecule has 2 aromatic carbocycles. The van der Waals surface area contributed by atoms with E-state index < -0.39 is 10.1 Å². The SMILES string of the molecule is Cc1ccc(S(=O)(=O)ON=C(N)NN=Cc2cccc(Cl)c2Cl)cc1. The molecule has 0 aliphatic heterocycles. The molecule has 10 heteroatoms. The van der Waals surface area contributed by atoms with Crippen molar-refractivity contribution in [3.63, 3.8) is 0 Å². The Morgan fingerprint density at radius 2 is 1.88 bits per heavy atom. The number of hydrogen-bond donors (Lipinski definition) is 2. The molecule has 0 heterocycles. The number of guanidine groups is 1. The van der Waals surface area contributed by atoms with Crippen LogP contribution in [-0.2, 0) is 14.4 Å². The van der Waals surface area contributed by atoms with Crippen LogP contribution in [0.1, 0.15) is 11.1 Å². The van der Waals surface area contributed by atoms with Crippen LogP contribution >= 0.6 is 23.2 Å². The van der Waals surface area contributed by atoms with E-state index in [0.717, 1.165) is 5.56 Å². The van der Waals surface area contributed by atoms with Gasteiger partial charge in [0.2, 0.25) is 0 Å². The van der Waals surface area contributed by atoms with Crippen LogP contribution in [-0.4, -0.2) is 20.6 Å². The van der Waals surface area contributed by atoms with E-state index >= 15 is 0 Å². The van der Waals surface area contributed by atoms with Gasteiger partial charge >= 0.3 is 10.1 Å². The average Bonchev–Trinajstić information content (AvgIpc) is 2.57. The van der Waals surface area contributed by atoms with Crippen LogP contribution in [0.3, 0.4) is 0 Å². The number of nitrogens with one attached hydrogen (secondary N) is 1. The molecule has 0 aliphatic rings. The number of hydrazone groups is 1. The molecule has 0 saturated carbocycles. The lowest BCUT2D eigenvalue weighted by atomic mass is 10.2. The van der Waals surface area contributed by atoms with Crippen molar-refractivity contribution in [3.8, 4) is 0 Å². The molecule has 0 aromatic heterocycles. The zero-order valence-corrected chi connectivity index (χ0v) is 15.3. The molecule has 0 amide bonds. The van der Waals surface area contributed by atoms with Crippen LogP contribution in [0, 0.1) is 6.92 Å². The van der Waals surface area contributed by atoms with Gasteiger partial charge in [-0.1, -0.05) is 53.0 Å². The Morgan fingerprint density at radius 1 is 1.20 bits per heavy atom. The van der Waals surface area contributed by atoms with Crippen LogP contribution in [0.2, 0.25) is 10.0 Å². The first-order valence-electron chi connectivity index (χ1n) is 6.86. The van der Waals surface area contributed by atoms with Crippen molar-refractivity contribution >= 4 is 45.5 Å². The fraction of sp³-hybridized carbons (Fsp3) is 0.0667. The lowest BCUT2D eigenvalue weighted by Gasteiger charge is -2.03. The standard InChI is InChI=1S/C15H14Cl2N4O3S/c1-10-5-7-12(8-6-10)25(22,23)24-21-15(18)20-19-9-11-3-2-4-13(16)14(11)17/h2-9H,1H3,(H3,18,20,21). The minimum atomic E-state index is -4.06. The normalized spacial score (nSPS) is 12.4. The van der Waals surface area contributed by atoms with E-state index in [1.54, 1.807) is 30.3 Å². The molecule has 7 nitrogen and oxygen atoms in total. The highest BCUT2D eigenvalue weighted by Crippen LogP contribution is 2.24. The molecule has 132 valence electrons. The second-order valence-electron chi connectivity index (χ2n) is 4.83. The van der Waals surface area contributed by atoms with E-state index in [4.69, 9.17) is 28.9 Å². The number of halogens is 2. The van der Waals surface area contributed by atoms with Crippen molar-refractivity contribution in [3.05, 3.63) is 63.6 Å². The Labute approximate surface area is 155 Å². The highest BCUT2D eigenvalue weighted by atomic mass is 35.5. The van der Waals surface area contributed by atoms with Gasteiger partial charge in [0, 0.05) is 5.56 Å². The van der Waals surface area contributed by atoms with Gasteiger partial charge < -0.3 is 5.73 Å². The van der Waals surface area contributed by atoms with Gasteiger partial charge in [-0.3, -0.25) is 4.28 Å². The highest BCUT2D eigenvalue weighted by Gasteiger charge is 2.15. The number of hydrogen-bond acceptors (Lipinski definition) is 5. The minimum Gasteiger partial charge on any atom is -0.366 e. The quantitative estimate of drug-likeness (QED) is 0.455. The molecule has 0 unspecified atom stereocenters. The van der Waals surface area contributed by atoms with Gasteiger partial charge in [-0.15, -0.1) is 0 Å².